The van der Waals surface area contributed by atoms with Gasteiger partial charge in [0.2, 0.25) is 17.7 Å². The van der Waals surface area contributed by atoms with Crippen molar-refractivity contribution in [1.29, 1.82) is 0 Å². The molecule has 0 radical (unpaired) electrons. The van der Waals surface area contributed by atoms with E-state index < -0.39 is 30.1 Å². The molecule has 0 spiro atoms. The molecule has 1 fully saturated rings. The van der Waals surface area contributed by atoms with E-state index in [0.29, 0.717) is 19.5 Å². The summed E-state index contributed by atoms with van der Waals surface area (Å²) in [5.74, 6) is -1.42. The smallest absolute Gasteiger partial charge is 0.226 e. The lowest BCUT2D eigenvalue weighted by atomic mass is 9.83. The van der Waals surface area contributed by atoms with Gasteiger partial charge in [-0.25, -0.2) is 0 Å². The summed E-state index contributed by atoms with van der Waals surface area (Å²) in [6.45, 7) is 16.9. The standard InChI is InChI=1S/C43H72N4O7/c1-14-30(7)41(46(11)43(52)33(27(2)3)24-36(49)40(28(4)5)45(9)10)37(53-12)25-39(51)47-23-15-16-34(47)42(54-13)31(8)35(48)21-22-38(50)44-26-32-19-17-29(6)18-20-32/h17-20,27-28,30-31,33-34,37,40-42H,14-16,21-26H2,1-13H3,(H,44,50)/t30-,31-,33-,34-,37+,40-,41-,42+/m0/s1. The van der Waals surface area contributed by atoms with E-state index in [1.807, 2.05) is 89.7 Å². The van der Waals surface area contributed by atoms with E-state index >= 15 is 0 Å². The van der Waals surface area contributed by atoms with Crippen LogP contribution in [0.15, 0.2) is 24.3 Å². The molecule has 0 aromatic heterocycles. The highest BCUT2D eigenvalue weighted by atomic mass is 16.5. The molecule has 2 rings (SSSR count). The Morgan fingerprint density at radius 3 is 2.02 bits per heavy atom. The van der Waals surface area contributed by atoms with Crippen LogP contribution in [0.25, 0.3) is 0 Å². The fourth-order valence-corrected chi connectivity index (χ4v) is 8.26. The number of rotatable bonds is 23. The minimum absolute atomic E-state index is 0.0123. The molecule has 54 heavy (non-hydrogen) atoms. The van der Waals surface area contributed by atoms with E-state index in [2.05, 4.69) is 19.2 Å². The fraction of sp³-hybridized carbons (Fsp3) is 0.744. The van der Waals surface area contributed by atoms with E-state index in [-0.39, 0.29) is 84.8 Å². The molecule has 11 heteroatoms. The summed E-state index contributed by atoms with van der Waals surface area (Å²) < 4.78 is 12.0. The molecular formula is C43H72N4O7. The molecule has 3 amide bonds. The Morgan fingerprint density at radius 2 is 1.50 bits per heavy atom. The molecular weight excluding hydrogens is 684 g/mol. The van der Waals surface area contributed by atoms with Crippen LogP contribution in [-0.4, -0.2) is 116 Å². The summed E-state index contributed by atoms with van der Waals surface area (Å²) in [5.41, 5.74) is 2.14. The molecule has 1 aliphatic heterocycles. The van der Waals surface area contributed by atoms with Gasteiger partial charge in [-0.15, -0.1) is 0 Å². The molecule has 1 aromatic rings. The number of nitrogens with zero attached hydrogens (tertiary/aromatic N) is 3. The summed E-state index contributed by atoms with van der Waals surface area (Å²) in [6.07, 6.45) is 1.48. The van der Waals surface area contributed by atoms with Crippen LogP contribution in [0.3, 0.4) is 0 Å². The minimum Gasteiger partial charge on any atom is -0.379 e. The number of ether oxygens (including phenoxy) is 2. The number of likely N-dealkylation sites (N-methyl/N-ethyl adjacent to an activating group) is 2. The summed E-state index contributed by atoms with van der Waals surface area (Å²) in [7, 11) is 8.72. The number of methoxy groups -OCH3 is 2. The summed E-state index contributed by atoms with van der Waals surface area (Å²) in [6, 6.07) is 6.94. The van der Waals surface area contributed by atoms with Gasteiger partial charge in [0.1, 0.15) is 5.78 Å². The maximum atomic E-state index is 14.3. The monoisotopic (exact) mass is 757 g/mol. The molecule has 8 atom stereocenters. The molecule has 0 bridgehead atoms. The molecule has 11 nitrogen and oxygen atoms in total. The number of hydrogen-bond donors (Lipinski definition) is 1. The van der Waals surface area contributed by atoms with Crippen LogP contribution in [0.5, 0.6) is 0 Å². The van der Waals surface area contributed by atoms with Crippen molar-refractivity contribution >= 4 is 29.3 Å². The first-order valence-electron chi connectivity index (χ1n) is 20.1. The van der Waals surface area contributed by atoms with Crippen molar-refractivity contribution in [2.24, 2.45) is 29.6 Å². The van der Waals surface area contributed by atoms with E-state index in [1.165, 1.54) is 0 Å². The van der Waals surface area contributed by atoms with Gasteiger partial charge in [-0.05, 0) is 57.2 Å². The maximum absolute atomic E-state index is 14.3. The third-order valence-electron chi connectivity index (χ3n) is 11.6. The summed E-state index contributed by atoms with van der Waals surface area (Å²) >= 11 is 0. The molecule has 1 aromatic carbocycles. The predicted molar refractivity (Wildman–Crippen MR) is 214 cm³/mol. The average Bonchev–Trinajstić information content (AvgIpc) is 3.61. The molecule has 0 aliphatic carbocycles. The Balaban J connectivity index is 2.17. The maximum Gasteiger partial charge on any atom is 0.226 e. The van der Waals surface area contributed by atoms with Gasteiger partial charge < -0.3 is 24.6 Å². The zero-order valence-corrected chi connectivity index (χ0v) is 35.6. The van der Waals surface area contributed by atoms with Crippen molar-refractivity contribution in [2.75, 3.05) is 41.9 Å². The number of amides is 3. The topological polar surface area (TPSA) is 126 Å². The lowest BCUT2D eigenvalue weighted by Crippen LogP contribution is -2.54. The Kier molecular flexibility index (Phi) is 19.5. The number of Topliss-reactive ketones (excluding diaryl/α,β-unsaturated/α-hetero) is 2. The number of likely N-dealkylation sites (tertiary alicyclic amines) is 1. The SMILES string of the molecule is CC[C@H](C)[C@@H]([C@@H](CC(=O)N1CCC[C@H]1[C@H](OC)[C@@H](C)C(=O)CCC(=O)NCc1ccc(C)cc1)OC)N(C)C(=O)[C@@H](CC(=O)[C@H](C(C)C)N(C)C)C(C)C. The van der Waals surface area contributed by atoms with Crippen LogP contribution in [0.2, 0.25) is 0 Å². The lowest BCUT2D eigenvalue weighted by Gasteiger charge is -2.41. The van der Waals surface area contributed by atoms with Crippen molar-refractivity contribution in [2.45, 2.75) is 137 Å². The average molecular weight is 757 g/mol. The quantitative estimate of drug-likeness (QED) is 0.151. The van der Waals surface area contributed by atoms with E-state index in [0.717, 1.165) is 24.0 Å². The highest BCUT2D eigenvalue weighted by Gasteiger charge is 2.43. The fourth-order valence-electron chi connectivity index (χ4n) is 8.26. The minimum atomic E-state index is -0.588. The number of hydrogen-bond acceptors (Lipinski definition) is 8. The molecule has 0 unspecified atom stereocenters. The van der Waals surface area contributed by atoms with Crippen molar-refractivity contribution in [1.82, 2.24) is 20.0 Å². The van der Waals surface area contributed by atoms with Crippen molar-refractivity contribution in [3.8, 4) is 0 Å². The van der Waals surface area contributed by atoms with Crippen LogP contribution < -0.4 is 5.32 Å². The molecule has 1 heterocycles. The van der Waals surface area contributed by atoms with Gasteiger partial charge in [0.15, 0.2) is 5.78 Å². The predicted octanol–water partition coefficient (Wildman–Crippen LogP) is 5.70. The largest absolute Gasteiger partial charge is 0.379 e. The van der Waals surface area contributed by atoms with Crippen molar-refractivity contribution in [3.05, 3.63) is 35.4 Å². The molecule has 306 valence electrons. The summed E-state index contributed by atoms with van der Waals surface area (Å²) in [5, 5.41) is 2.90. The third-order valence-corrected chi connectivity index (χ3v) is 11.6. The van der Waals surface area contributed by atoms with Crippen LogP contribution >= 0.6 is 0 Å². The molecule has 0 saturated carbocycles. The Hall–Kier alpha value is -3.15. The van der Waals surface area contributed by atoms with E-state index in [4.69, 9.17) is 9.47 Å². The number of benzene rings is 1. The molecule has 1 N–H and O–H groups in total. The number of carbonyl (C=O) groups excluding carboxylic acids is 5. The second kappa shape index (κ2) is 22.4. The Morgan fingerprint density at radius 1 is 0.870 bits per heavy atom. The van der Waals surface area contributed by atoms with Gasteiger partial charge in [-0.3, -0.25) is 28.9 Å². The Labute approximate surface area is 326 Å². The molecule has 1 saturated heterocycles. The highest BCUT2D eigenvalue weighted by molar-refractivity contribution is 5.90. The van der Waals surface area contributed by atoms with Gasteiger partial charge in [0.05, 0.1) is 36.8 Å². The lowest BCUT2D eigenvalue weighted by molar-refractivity contribution is -0.149. The Bertz CT molecular complexity index is 1360. The van der Waals surface area contributed by atoms with Crippen LogP contribution in [0.1, 0.15) is 105 Å². The summed E-state index contributed by atoms with van der Waals surface area (Å²) in [4.78, 5) is 73.4. The zero-order valence-electron chi connectivity index (χ0n) is 35.6. The van der Waals surface area contributed by atoms with Gasteiger partial charge in [0.25, 0.3) is 0 Å². The first-order valence-corrected chi connectivity index (χ1v) is 20.1. The number of nitrogens with one attached hydrogen (secondary N) is 1. The van der Waals surface area contributed by atoms with Crippen LogP contribution in [0.4, 0.5) is 0 Å². The van der Waals surface area contributed by atoms with Crippen molar-refractivity contribution in [3.63, 3.8) is 0 Å². The van der Waals surface area contributed by atoms with E-state index in [9.17, 15) is 24.0 Å². The number of aryl methyl sites for hydroxylation is 1. The van der Waals surface area contributed by atoms with Gasteiger partial charge >= 0.3 is 0 Å². The van der Waals surface area contributed by atoms with Gasteiger partial charge in [-0.2, -0.15) is 0 Å². The first-order chi connectivity index (χ1) is 25.4. The molecule has 1 aliphatic rings. The van der Waals surface area contributed by atoms with Gasteiger partial charge in [0, 0.05) is 65.5 Å². The number of ketones is 2. The van der Waals surface area contributed by atoms with Crippen LogP contribution in [0, 0.1) is 36.5 Å². The zero-order chi connectivity index (χ0) is 40.9. The van der Waals surface area contributed by atoms with Crippen molar-refractivity contribution < 1.29 is 33.4 Å². The normalized spacial score (nSPS) is 18.6. The third kappa shape index (κ3) is 13.0. The number of carbonyl (C=O) groups is 5. The highest BCUT2D eigenvalue weighted by Crippen LogP contribution is 2.31. The second-order valence-electron chi connectivity index (χ2n) is 16.5. The van der Waals surface area contributed by atoms with Crippen LogP contribution in [-0.2, 0) is 40.0 Å². The van der Waals surface area contributed by atoms with Gasteiger partial charge in [-0.1, -0.05) is 84.7 Å². The second-order valence-corrected chi connectivity index (χ2v) is 16.5. The van der Waals surface area contributed by atoms with E-state index in [1.54, 1.807) is 26.2 Å². The first kappa shape index (κ1) is 47.0.